The van der Waals surface area contributed by atoms with Crippen molar-refractivity contribution < 1.29 is 4.74 Å². The third kappa shape index (κ3) is 3.31. The minimum atomic E-state index is 0.450. The van der Waals surface area contributed by atoms with E-state index in [-0.39, 0.29) is 0 Å². The molecule has 2 rings (SSSR count). The van der Waals surface area contributed by atoms with E-state index in [9.17, 15) is 0 Å². The maximum atomic E-state index is 5.71. The second-order valence-corrected chi connectivity index (χ2v) is 4.19. The molecule has 1 aromatic heterocycles. The molecule has 2 aromatic rings. The summed E-state index contributed by atoms with van der Waals surface area (Å²) in [6, 6.07) is 11.9. The van der Waals surface area contributed by atoms with Crippen LogP contribution >= 0.6 is 0 Å². The van der Waals surface area contributed by atoms with Crippen LogP contribution in [-0.4, -0.2) is 4.98 Å². The first-order valence-electron chi connectivity index (χ1n) is 6.23. The van der Waals surface area contributed by atoms with Crippen LogP contribution in [-0.2, 0) is 13.0 Å². The SMILES string of the molecule is CCCc1ccc(Oc2ccc(CN)nc2)cc1. The van der Waals surface area contributed by atoms with E-state index in [1.165, 1.54) is 5.56 Å². The number of ether oxygens (including phenoxy) is 1. The van der Waals surface area contributed by atoms with Gasteiger partial charge in [-0.3, -0.25) is 4.98 Å². The van der Waals surface area contributed by atoms with Crippen LogP contribution in [0.25, 0.3) is 0 Å². The van der Waals surface area contributed by atoms with Crippen molar-refractivity contribution in [2.45, 2.75) is 26.3 Å². The molecule has 2 N–H and O–H groups in total. The van der Waals surface area contributed by atoms with E-state index in [4.69, 9.17) is 10.5 Å². The van der Waals surface area contributed by atoms with Crippen LogP contribution in [0.15, 0.2) is 42.6 Å². The summed E-state index contributed by atoms with van der Waals surface area (Å²) in [5.41, 5.74) is 7.69. The fourth-order valence-corrected chi connectivity index (χ4v) is 1.74. The zero-order chi connectivity index (χ0) is 12.8. The molecule has 0 aliphatic carbocycles. The van der Waals surface area contributed by atoms with E-state index in [0.29, 0.717) is 6.54 Å². The zero-order valence-corrected chi connectivity index (χ0v) is 10.6. The summed E-state index contributed by atoms with van der Waals surface area (Å²) in [5.74, 6) is 1.56. The van der Waals surface area contributed by atoms with Gasteiger partial charge in [0.2, 0.25) is 0 Å². The number of aromatic nitrogens is 1. The van der Waals surface area contributed by atoms with Gasteiger partial charge in [-0.15, -0.1) is 0 Å². The lowest BCUT2D eigenvalue weighted by Gasteiger charge is -2.06. The Labute approximate surface area is 108 Å². The molecule has 18 heavy (non-hydrogen) atoms. The fourth-order valence-electron chi connectivity index (χ4n) is 1.74. The fraction of sp³-hybridized carbons (Fsp3) is 0.267. The summed E-state index contributed by atoms with van der Waals surface area (Å²) in [6.45, 7) is 2.63. The molecule has 0 spiro atoms. The van der Waals surface area contributed by atoms with Crippen molar-refractivity contribution in [1.82, 2.24) is 4.98 Å². The molecule has 0 radical (unpaired) electrons. The van der Waals surface area contributed by atoms with Crippen LogP contribution in [0, 0.1) is 0 Å². The molecule has 0 amide bonds. The third-order valence-corrected chi connectivity index (χ3v) is 2.70. The van der Waals surface area contributed by atoms with Crippen LogP contribution in [0.5, 0.6) is 11.5 Å². The second kappa shape index (κ2) is 6.17. The van der Waals surface area contributed by atoms with Crippen molar-refractivity contribution in [2.75, 3.05) is 0 Å². The highest BCUT2D eigenvalue weighted by Gasteiger charge is 1.99. The van der Waals surface area contributed by atoms with Gasteiger partial charge in [0.15, 0.2) is 0 Å². The van der Waals surface area contributed by atoms with Crippen molar-refractivity contribution >= 4 is 0 Å². The van der Waals surface area contributed by atoms with E-state index >= 15 is 0 Å². The summed E-state index contributed by atoms with van der Waals surface area (Å²) >= 11 is 0. The molecule has 0 unspecified atom stereocenters. The van der Waals surface area contributed by atoms with E-state index in [0.717, 1.165) is 30.0 Å². The topological polar surface area (TPSA) is 48.1 Å². The highest BCUT2D eigenvalue weighted by Crippen LogP contribution is 2.21. The lowest BCUT2D eigenvalue weighted by molar-refractivity contribution is 0.479. The van der Waals surface area contributed by atoms with Crippen LogP contribution < -0.4 is 10.5 Å². The Morgan fingerprint density at radius 3 is 2.33 bits per heavy atom. The first kappa shape index (κ1) is 12.6. The van der Waals surface area contributed by atoms with E-state index in [2.05, 4.69) is 24.0 Å². The molecule has 0 fully saturated rings. The van der Waals surface area contributed by atoms with E-state index in [1.807, 2.05) is 24.3 Å². The van der Waals surface area contributed by atoms with Gasteiger partial charge < -0.3 is 10.5 Å². The quantitative estimate of drug-likeness (QED) is 0.875. The molecule has 3 heteroatoms. The van der Waals surface area contributed by atoms with Crippen molar-refractivity contribution in [3.63, 3.8) is 0 Å². The monoisotopic (exact) mass is 242 g/mol. The van der Waals surface area contributed by atoms with Gasteiger partial charge in [-0.1, -0.05) is 25.5 Å². The minimum Gasteiger partial charge on any atom is -0.456 e. The predicted molar refractivity (Wildman–Crippen MR) is 72.6 cm³/mol. The number of hydrogen-bond acceptors (Lipinski definition) is 3. The third-order valence-electron chi connectivity index (χ3n) is 2.70. The van der Waals surface area contributed by atoms with Crippen molar-refractivity contribution in [3.8, 4) is 11.5 Å². The molecule has 1 heterocycles. The van der Waals surface area contributed by atoms with Crippen molar-refractivity contribution in [3.05, 3.63) is 53.9 Å². The van der Waals surface area contributed by atoms with Gasteiger partial charge in [-0.25, -0.2) is 0 Å². The highest BCUT2D eigenvalue weighted by molar-refractivity contribution is 5.32. The molecule has 1 aromatic carbocycles. The summed E-state index contributed by atoms with van der Waals surface area (Å²) in [5, 5.41) is 0. The Kier molecular flexibility index (Phi) is 4.31. The van der Waals surface area contributed by atoms with E-state index < -0.39 is 0 Å². The number of rotatable bonds is 5. The van der Waals surface area contributed by atoms with Crippen LogP contribution in [0.3, 0.4) is 0 Å². The molecule has 0 atom stereocenters. The number of pyridine rings is 1. The Balaban J connectivity index is 2.03. The average molecular weight is 242 g/mol. The molecular formula is C15H18N2O. The second-order valence-electron chi connectivity index (χ2n) is 4.19. The smallest absolute Gasteiger partial charge is 0.145 e. The van der Waals surface area contributed by atoms with Gasteiger partial charge in [-0.2, -0.15) is 0 Å². The van der Waals surface area contributed by atoms with Crippen molar-refractivity contribution in [1.29, 1.82) is 0 Å². The first-order chi connectivity index (χ1) is 8.81. The predicted octanol–water partition coefficient (Wildman–Crippen LogP) is 3.29. The highest BCUT2D eigenvalue weighted by atomic mass is 16.5. The summed E-state index contributed by atoms with van der Waals surface area (Å²) < 4.78 is 5.71. The van der Waals surface area contributed by atoms with Gasteiger partial charge >= 0.3 is 0 Å². The number of hydrogen-bond donors (Lipinski definition) is 1. The van der Waals surface area contributed by atoms with Crippen LogP contribution in [0.1, 0.15) is 24.6 Å². The molecule has 3 nitrogen and oxygen atoms in total. The van der Waals surface area contributed by atoms with Gasteiger partial charge in [0.1, 0.15) is 11.5 Å². The Bertz CT molecular complexity index is 477. The lowest BCUT2D eigenvalue weighted by atomic mass is 10.1. The Morgan fingerprint density at radius 2 is 1.78 bits per heavy atom. The zero-order valence-electron chi connectivity index (χ0n) is 10.6. The van der Waals surface area contributed by atoms with Gasteiger partial charge in [0, 0.05) is 6.54 Å². The Hall–Kier alpha value is -1.87. The first-order valence-corrected chi connectivity index (χ1v) is 6.23. The molecular weight excluding hydrogens is 224 g/mol. The minimum absolute atomic E-state index is 0.450. The number of nitrogens with zero attached hydrogens (tertiary/aromatic N) is 1. The van der Waals surface area contributed by atoms with Crippen molar-refractivity contribution in [2.24, 2.45) is 5.73 Å². The summed E-state index contributed by atoms with van der Waals surface area (Å²) in [6.07, 6.45) is 3.96. The van der Waals surface area contributed by atoms with E-state index in [1.54, 1.807) is 6.20 Å². The number of nitrogens with two attached hydrogens (primary N) is 1. The normalized spacial score (nSPS) is 10.3. The molecule has 0 saturated heterocycles. The standard InChI is InChI=1S/C15H18N2O/c1-2-3-12-4-7-14(8-5-12)18-15-9-6-13(10-16)17-11-15/h4-9,11H,2-3,10,16H2,1H3. The number of benzene rings is 1. The summed E-state index contributed by atoms with van der Waals surface area (Å²) in [4.78, 5) is 4.19. The lowest BCUT2D eigenvalue weighted by Crippen LogP contribution is -1.98. The average Bonchev–Trinajstić information content (AvgIpc) is 2.42. The molecule has 94 valence electrons. The summed E-state index contributed by atoms with van der Waals surface area (Å²) in [7, 11) is 0. The molecule has 0 aliphatic rings. The van der Waals surface area contributed by atoms with Crippen LogP contribution in [0.4, 0.5) is 0 Å². The number of aryl methyl sites for hydroxylation is 1. The molecule has 0 bridgehead atoms. The van der Waals surface area contributed by atoms with Gasteiger partial charge in [0.05, 0.1) is 11.9 Å². The molecule has 0 aliphatic heterocycles. The maximum absolute atomic E-state index is 5.71. The van der Waals surface area contributed by atoms with Crippen LogP contribution in [0.2, 0.25) is 0 Å². The van der Waals surface area contributed by atoms with Gasteiger partial charge in [0.25, 0.3) is 0 Å². The Morgan fingerprint density at radius 1 is 1.06 bits per heavy atom. The molecule has 0 saturated carbocycles. The van der Waals surface area contributed by atoms with Gasteiger partial charge in [-0.05, 0) is 36.2 Å². The maximum Gasteiger partial charge on any atom is 0.145 e. The largest absolute Gasteiger partial charge is 0.456 e.